The van der Waals surface area contributed by atoms with Crippen LogP contribution in [0.1, 0.15) is 18.4 Å². The zero-order valence-corrected chi connectivity index (χ0v) is 9.29. The number of methoxy groups -OCH3 is 1. The topological polar surface area (TPSA) is 41.5 Å². The molecule has 1 saturated heterocycles. The molecular formula is C12H16FNO2. The minimum atomic E-state index is -0.525. The van der Waals surface area contributed by atoms with E-state index in [1.807, 2.05) is 0 Å². The lowest BCUT2D eigenvalue weighted by Gasteiger charge is -2.13. The van der Waals surface area contributed by atoms with Gasteiger partial charge < -0.3 is 15.2 Å². The highest BCUT2D eigenvalue weighted by molar-refractivity contribution is 5.46. The minimum absolute atomic E-state index is 0.0597. The first-order chi connectivity index (χ1) is 7.72. The number of ether oxygens (including phenoxy) is 1. The first-order valence-corrected chi connectivity index (χ1v) is 5.50. The smallest absolute Gasteiger partial charge is 0.196 e. The Bertz CT molecular complexity index is 376. The second-order valence-electron chi connectivity index (χ2n) is 4.09. The number of hydrogen-bond donors (Lipinski definition) is 2. The molecule has 2 N–H and O–H groups in total. The molecule has 1 aromatic carbocycles. The number of nitrogens with one attached hydrogen (secondary N) is 1. The van der Waals surface area contributed by atoms with Crippen LogP contribution in [0, 0.1) is 5.82 Å². The number of benzene rings is 1. The first kappa shape index (κ1) is 11.2. The van der Waals surface area contributed by atoms with Crippen LogP contribution in [0.5, 0.6) is 11.5 Å². The monoisotopic (exact) mass is 225 g/mol. The van der Waals surface area contributed by atoms with Gasteiger partial charge in [-0.25, -0.2) is 4.39 Å². The predicted molar refractivity (Wildman–Crippen MR) is 59.3 cm³/mol. The van der Waals surface area contributed by atoms with Crippen LogP contribution >= 0.6 is 0 Å². The first-order valence-electron chi connectivity index (χ1n) is 5.50. The predicted octanol–water partition coefficient (Wildman–Crippen LogP) is 1.83. The van der Waals surface area contributed by atoms with Crippen molar-refractivity contribution in [2.75, 3.05) is 13.7 Å². The van der Waals surface area contributed by atoms with Crippen LogP contribution in [0.15, 0.2) is 12.1 Å². The minimum Gasteiger partial charge on any atom is -0.504 e. The number of rotatable bonds is 3. The summed E-state index contributed by atoms with van der Waals surface area (Å²) in [6.07, 6.45) is 2.96. The molecule has 0 amide bonds. The summed E-state index contributed by atoms with van der Waals surface area (Å²) in [5.41, 5.74) is 0.734. The van der Waals surface area contributed by atoms with Gasteiger partial charge in [0.2, 0.25) is 0 Å². The molecule has 0 radical (unpaired) electrons. The van der Waals surface area contributed by atoms with Crippen molar-refractivity contribution in [3.05, 3.63) is 23.5 Å². The summed E-state index contributed by atoms with van der Waals surface area (Å²) in [6, 6.07) is 3.33. The van der Waals surface area contributed by atoms with Gasteiger partial charge in [-0.3, -0.25) is 0 Å². The molecule has 0 saturated carbocycles. The molecular weight excluding hydrogens is 209 g/mol. The fraction of sp³-hybridized carbons (Fsp3) is 0.500. The van der Waals surface area contributed by atoms with Crippen molar-refractivity contribution in [1.82, 2.24) is 5.32 Å². The molecule has 1 atom stereocenters. The Balaban J connectivity index is 2.20. The highest BCUT2D eigenvalue weighted by atomic mass is 19.1. The van der Waals surface area contributed by atoms with E-state index in [1.165, 1.54) is 13.2 Å². The van der Waals surface area contributed by atoms with E-state index in [0.29, 0.717) is 12.5 Å². The molecule has 16 heavy (non-hydrogen) atoms. The maximum absolute atomic E-state index is 13.2. The lowest BCUT2D eigenvalue weighted by molar-refractivity contribution is 0.347. The van der Waals surface area contributed by atoms with Crippen molar-refractivity contribution in [3.8, 4) is 11.5 Å². The number of aromatic hydroxyl groups is 1. The molecule has 3 nitrogen and oxygen atoms in total. The highest BCUT2D eigenvalue weighted by Gasteiger charge is 2.19. The van der Waals surface area contributed by atoms with Gasteiger partial charge in [0.05, 0.1) is 7.11 Å². The second kappa shape index (κ2) is 4.70. The maximum atomic E-state index is 13.2. The van der Waals surface area contributed by atoms with Crippen LogP contribution in [-0.2, 0) is 6.42 Å². The summed E-state index contributed by atoms with van der Waals surface area (Å²) in [6.45, 7) is 1.02. The Morgan fingerprint density at radius 3 is 3.00 bits per heavy atom. The molecule has 1 aromatic rings. The molecule has 0 bridgehead atoms. The van der Waals surface area contributed by atoms with E-state index in [9.17, 15) is 9.50 Å². The highest BCUT2D eigenvalue weighted by Crippen LogP contribution is 2.33. The van der Waals surface area contributed by atoms with Gasteiger partial charge in [-0.15, -0.1) is 0 Å². The van der Waals surface area contributed by atoms with Crippen molar-refractivity contribution in [3.63, 3.8) is 0 Å². The van der Waals surface area contributed by atoms with E-state index < -0.39 is 5.82 Å². The number of phenols is 1. The Hall–Kier alpha value is -1.29. The van der Waals surface area contributed by atoms with E-state index in [0.717, 1.165) is 24.9 Å². The zero-order valence-electron chi connectivity index (χ0n) is 9.29. The Kier molecular flexibility index (Phi) is 3.29. The fourth-order valence-corrected chi connectivity index (χ4v) is 2.14. The van der Waals surface area contributed by atoms with Gasteiger partial charge >= 0.3 is 0 Å². The Labute approximate surface area is 94.2 Å². The van der Waals surface area contributed by atoms with Crippen LogP contribution in [0.3, 0.4) is 0 Å². The number of hydrogen-bond acceptors (Lipinski definition) is 3. The summed E-state index contributed by atoms with van der Waals surface area (Å²) in [5, 5.41) is 13.2. The summed E-state index contributed by atoms with van der Waals surface area (Å²) in [5.74, 6) is -0.658. The van der Waals surface area contributed by atoms with Crippen LogP contribution in [-0.4, -0.2) is 24.8 Å². The normalized spacial score (nSPS) is 20.0. The van der Waals surface area contributed by atoms with Gasteiger partial charge in [0.15, 0.2) is 17.3 Å². The summed E-state index contributed by atoms with van der Waals surface area (Å²) < 4.78 is 18.1. The fourth-order valence-electron chi connectivity index (χ4n) is 2.14. The molecule has 4 heteroatoms. The third-order valence-electron chi connectivity index (χ3n) is 3.00. The van der Waals surface area contributed by atoms with Crippen molar-refractivity contribution >= 4 is 0 Å². The number of halogens is 1. The molecule has 1 aliphatic heterocycles. The molecule has 0 aromatic heterocycles. The lowest BCUT2D eigenvalue weighted by atomic mass is 10.0. The van der Waals surface area contributed by atoms with E-state index in [4.69, 9.17) is 4.74 Å². The van der Waals surface area contributed by atoms with Crippen molar-refractivity contribution in [1.29, 1.82) is 0 Å². The summed E-state index contributed by atoms with van der Waals surface area (Å²) >= 11 is 0. The van der Waals surface area contributed by atoms with Crippen molar-refractivity contribution in [2.24, 2.45) is 0 Å². The molecule has 1 aliphatic rings. The lowest BCUT2D eigenvalue weighted by Crippen LogP contribution is -2.23. The molecule has 88 valence electrons. The van der Waals surface area contributed by atoms with Crippen LogP contribution in [0.4, 0.5) is 4.39 Å². The second-order valence-corrected chi connectivity index (χ2v) is 4.09. The van der Waals surface area contributed by atoms with E-state index in [-0.39, 0.29) is 11.5 Å². The van der Waals surface area contributed by atoms with Gasteiger partial charge in [0, 0.05) is 6.04 Å². The van der Waals surface area contributed by atoms with E-state index in [1.54, 1.807) is 6.07 Å². The zero-order chi connectivity index (χ0) is 11.5. The van der Waals surface area contributed by atoms with Crippen molar-refractivity contribution in [2.45, 2.75) is 25.3 Å². The largest absolute Gasteiger partial charge is 0.504 e. The number of phenolic OH excluding ortho intramolecular Hbond substituents is 1. The molecule has 0 aliphatic carbocycles. The third-order valence-corrected chi connectivity index (χ3v) is 3.00. The molecule has 1 unspecified atom stereocenters. The van der Waals surface area contributed by atoms with E-state index >= 15 is 0 Å². The van der Waals surface area contributed by atoms with Crippen molar-refractivity contribution < 1.29 is 14.2 Å². The van der Waals surface area contributed by atoms with Gasteiger partial charge in [0.1, 0.15) is 0 Å². The molecule has 1 heterocycles. The van der Waals surface area contributed by atoms with Gasteiger partial charge in [-0.1, -0.05) is 6.07 Å². The third kappa shape index (κ3) is 2.11. The molecule has 2 rings (SSSR count). The van der Waals surface area contributed by atoms with Crippen LogP contribution < -0.4 is 10.1 Å². The van der Waals surface area contributed by atoms with Crippen LogP contribution in [0.2, 0.25) is 0 Å². The average Bonchev–Trinajstić information content (AvgIpc) is 2.76. The van der Waals surface area contributed by atoms with Gasteiger partial charge in [-0.05, 0) is 37.4 Å². The summed E-state index contributed by atoms with van der Waals surface area (Å²) in [4.78, 5) is 0. The molecule has 1 fully saturated rings. The average molecular weight is 225 g/mol. The maximum Gasteiger partial charge on any atom is 0.196 e. The van der Waals surface area contributed by atoms with E-state index in [2.05, 4.69) is 5.32 Å². The Morgan fingerprint density at radius 2 is 2.38 bits per heavy atom. The van der Waals surface area contributed by atoms with Gasteiger partial charge in [-0.2, -0.15) is 0 Å². The molecule has 0 spiro atoms. The van der Waals surface area contributed by atoms with Crippen LogP contribution in [0.25, 0.3) is 0 Å². The van der Waals surface area contributed by atoms with Gasteiger partial charge in [0.25, 0.3) is 0 Å². The summed E-state index contributed by atoms with van der Waals surface area (Å²) in [7, 11) is 1.36. The Morgan fingerprint density at radius 1 is 1.56 bits per heavy atom. The quantitative estimate of drug-likeness (QED) is 0.824. The SMILES string of the molecule is COc1c(F)ccc(CC2CCCN2)c1O. The standard InChI is InChI=1S/C12H16FNO2/c1-16-12-10(13)5-4-8(11(12)15)7-9-3-2-6-14-9/h4-5,9,14-15H,2-3,6-7H2,1H3.